The molecule has 1 aromatic heterocycles. The van der Waals surface area contributed by atoms with Gasteiger partial charge in [-0.15, -0.1) is 24.0 Å². The van der Waals surface area contributed by atoms with Crippen LogP contribution >= 0.6 is 24.0 Å². The van der Waals surface area contributed by atoms with Crippen LogP contribution in [0.2, 0.25) is 0 Å². The second-order valence-electron chi connectivity index (χ2n) is 8.37. The molecule has 1 aromatic carbocycles. The van der Waals surface area contributed by atoms with E-state index in [9.17, 15) is 0 Å². The van der Waals surface area contributed by atoms with Gasteiger partial charge in [-0.2, -0.15) is 5.10 Å². The fourth-order valence-corrected chi connectivity index (χ4v) is 4.44. The molecule has 31 heavy (non-hydrogen) atoms. The highest BCUT2D eigenvalue weighted by atomic mass is 127. The summed E-state index contributed by atoms with van der Waals surface area (Å²) in [6.07, 6.45) is 9.58. The van der Waals surface area contributed by atoms with E-state index in [4.69, 9.17) is 9.73 Å². The highest BCUT2D eigenvalue weighted by Gasteiger charge is 2.23. The predicted molar refractivity (Wildman–Crippen MR) is 135 cm³/mol. The van der Waals surface area contributed by atoms with Crippen molar-refractivity contribution in [2.24, 2.45) is 10.9 Å². The Morgan fingerprint density at radius 1 is 1.23 bits per heavy atom. The predicted octanol–water partition coefficient (Wildman–Crippen LogP) is 4.23. The summed E-state index contributed by atoms with van der Waals surface area (Å²) in [5.41, 5.74) is 2.19. The molecule has 7 nitrogen and oxygen atoms in total. The van der Waals surface area contributed by atoms with E-state index in [0.717, 1.165) is 67.9 Å². The van der Waals surface area contributed by atoms with E-state index in [1.807, 2.05) is 12.1 Å². The number of rotatable bonds is 7. The third-order valence-electron chi connectivity index (χ3n) is 6.15. The number of halogens is 1. The Morgan fingerprint density at radius 3 is 2.74 bits per heavy atom. The van der Waals surface area contributed by atoms with Crippen molar-refractivity contribution >= 4 is 29.9 Å². The second kappa shape index (κ2) is 12.4. The van der Waals surface area contributed by atoms with Crippen LogP contribution in [0.1, 0.15) is 51.0 Å². The number of aromatic nitrogens is 3. The van der Waals surface area contributed by atoms with Crippen LogP contribution in [0.25, 0.3) is 11.4 Å². The van der Waals surface area contributed by atoms with Gasteiger partial charge < -0.3 is 15.0 Å². The van der Waals surface area contributed by atoms with Crippen molar-refractivity contribution in [1.82, 2.24) is 25.4 Å². The fraction of sp³-hybridized carbons (Fsp3) is 0.609. The Morgan fingerprint density at radius 2 is 2.03 bits per heavy atom. The summed E-state index contributed by atoms with van der Waals surface area (Å²) in [5.74, 6) is 2.58. The van der Waals surface area contributed by atoms with Gasteiger partial charge >= 0.3 is 0 Å². The number of aliphatic imine (C=N–C) groups is 1. The molecular formula is C23H35IN6O. The van der Waals surface area contributed by atoms with Crippen LogP contribution < -0.4 is 5.32 Å². The lowest BCUT2D eigenvalue weighted by Crippen LogP contribution is -2.47. The summed E-state index contributed by atoms with van der Waals surface area (Å²) in [4.78, 5) is 11.5. The van der Waals surface area contributed by atoms with Gasteiger partial charge in [-0.25, -0.2) is 9.98 Å². The first kappa shape index (κ1) is 24.0. The molecule has 0 spiro atoms. The first-order valence-electron chi connectivity index (χ1n) is 11.4. The molecule has 1 aliphatic carbocycles. The number of nitrogens with zero attached hydrogens (tertiary/aromatic N) is 4. The van der Waals surface area contributed by atoms with Gasteiger partial charge in [0, 0.05) is 31.8 Å². The summed E-state index contributed by atoms with van der Waals surface area (Å²) in [7, 11) is 0. The third-order valence-corrected chi connectivity index (χ3v) is 6.15. The second-order valence-corrected chi connectivity index (χ2v) is 8.37. The van der Waals surface area contributed by atoms with E-state index in [0.29, 0.717) is 12.6 Å². The smallest absolute Gasteiger partial charge is 0.194 e. The average Bonchev–Trinajstić information content (AvgIpc) is 3.50. The van der Waals surface area contributed by atoms with Crippen LogP contribution in [0.15, 0.2) is 35.6 Å². The van der Waals surface area contributed by atoms with Gasteiger partial charge in [-0.3, -0.25) is 5.10 Å². The zero-order valence-electron chi connectivity index (χ0n) is 18.4. The number of nitrogens with one attached hydrogen (secondary N) is 2. The van der Waals surface area contributed by atoms with E-state index in [1.165, 1.54) is 32.0 Å². The Hall–Kier alpha value is -1.68. The first-order chi connectivity index (χ1) is 14.8. The van der Waals surface area contributed by atoms with Gasteiger partial charge in [-0.1, -0.05) is 31.0 Å². The maximum atomic E-state index is 6.23. The number of piperidine rings is 1. The van der Waals surface area contributed by atoms with E-state index in [2.05, 4.69) is 44.5 Å². The molecule has 2 aliphatic rings. The normalized spacial score (nSPS) is 18.2. The Labute approximate surface area is 202 Å². The number of aromatic amines is 1. The third kappa shape index (κ3) is 6.90. The van der Waals surface area contributed by atoms with Crippen LogP contribution in [0.3, 0.4) is 0 Å². The fourth-order valence-electron chi connectivity index (χ4n) is 4.44. The Bertz CT molecular complexity index is 798. The molecule has 8 heteroatoms. The molecule has 0 unspecified atom stereocenters. The minimum absolute atomic E-state index is 0. The van der Waals surface area contributed by atoms with Crippen molar-refractivity contribution in [3.05, 3.63) is 36.2 Å². The molecule has 1 saturated heterocycles. The average molecular weight is 538 g/mol. The summed E-state index contributed by atoms with van der Waals surface area (Å²) in [5, 5.41) is 10.3. The number of likely N-dealkylation sites (tertiary alicyclic amines) is 1. The van der Waals surface area contributed by atoms with E-state index < -0.39 is 0 Å². The summed E-state index contributed by atoms with van der Waals surface area (Å²) in [6.45, 7) is 6.59. The van der Waals surface area contributed by atoms with Crippen molar-refractivity contribution < 1.29 is 4.74 Å². The van der Waals surface area contributed by atoms with Gasteiger partial charge in [0.15, 0.2) is 11.8 Å². The number of guanidine groups is 1. The van der Waals surface area contributed by atoms with Crippen molar-refractivity contribution in [3.8, 4) is 11.4 Å². The monoisotopic (exact) mass is 538 g/mol. The number of ether oxygens (including phenoxy) is 1. The largest absolute Gasteiger partial charge is 0.378 e. The lowest BCUT2D eigenvalue weighted by molar-refractivity contribution is 0.00101. The molecule has 0 atom stereocenters. The zero-order valence-corrected chi connectivity index (χ0v) is 20.8. The van der Waals surface area contributed by atoms with Crippen LogP contribution in [-0.2, 0) is 11.3 Å². The molecule has 0 bridgehead atoms. The number of benzene rings is 1. The summed E-state index contributed by atoms with van der Waals surface area (Å²) < 4.78 is 6.23. The maximum absolute atomic E-state index is 6.23. The molecule has 0 radical (unpaired) electrons. The van der Waals surface area contributed by atoms with Crippen molar-refractivity contribution in [2.45, 2.75) is 58.1 Å². The molecule has 1 saturated carbocycles. The lowest BCUT2D eigenvalue weighted by atomic mass is 10.1. The Balaban J connectivity index is 0.00000272. The van der Waals surface area contributed by atoms with Crippen molar-refractivity contribution in [2.75, 3.05) is 26.2 Å². The van der Waals surface area contributed by atoms with Gasteiger partial charge in [0.25, 0.3) is 0 Å². The lowest BCUT2D eigenvalue weighted by Gasteiger charge is -2.34. The van der Waals surface area contributed by atoms with Crippen molar-refractivity contribution in [1.29, 1.82) is 0 Å². The molecule has 2 N–H and O–H groups in total. The van der Waals surface area contributed by atoms with Crippen LogP contribution in [0.5, 0.6) is 0 Å². The van der Waals surface area contributed by atoms with Crippen LogP contribution in [0.4, 0.5) is 0 Å². The topological polar surface area (TPSA) is 78.4 Å². The SMILES string of the molecule is CCNC(=NCc1cccc(-c2ncn[nH]2)c1)N1CCC(OCC2CCCC2)CC1.I. The number of hydrogen-bond acceptors (Lipinski definition) is 4. The molecule has 2 aromatic rings. The van der Waals surface area contributed by atoms with Gasteiger partial charge in [0.2, 0.25) is 0 Å². The standard InChI is InChI=1S/C23H34N6O.HI/c1-2-24-23(25-15-19-8-5-9-20(14-19)22-26-17-27-28-22)29-12-10-21(11-13-29)30-16-18-6-3-4-7-18;/h5,8-9,14,17-18,21H,2-4,6-7,10-13,15-16H2,1H3,(H,24,25)(H,26,27,28);1H. The minimum atomic E-state index is 0. The molecule has 170 valence electrons. The first-order valence-corrected chi connectivity index (χ1v) is 11.4. The summed E-state index contributed by atoms with van der Waals surface area (Å²) >= 11 is 0. The quantitative estimate of drug-likeness (QED) is 0.314. The van der Waals surface area contributed by atoms with Crippen LogP contribution in [0, 0.1) is 5.92 Å². The number of H-pyrrole nitrogens is 1. The van der Waals surface area contributed by atoms with E-state index in [1.54, 1.807) is 0 Å². The maximum Gasteiger partial charge on any atom is 0.194 e. The van der Waals surface area contributed by atoms with Crippen molar-refractivity contribution in [3.63, 3.8) is 0 Å². The molecule has 4 rings (SSSR count). The van der Waals surface area contributed by atoms with E-state index in [-0.39, 0.29) is 24.0 Å². The highest BCUT2D eigenvalue weighted by molar-refractivity contribution is 14.0. The summed E-state index contributed by atoms with van der Waals surface area (Å²) in [6, 6.07) is 8.31. The zero-order chi connectivity index (χ0) is 20.6. The van der Waals surface area contributed by atoms with Gasteiger partial charge in [-0.05, 0) is 50.2 Å². The Kier molecular flexibility index (Phi) is 9.57. The highest BCUT2D eigenvalue weighted by Crippen LogP contribution is 2.26. The number of hydrogen-bond donors (Lipinski definition) is 2. The molecule has 2 fully saturated rings. The van der Waals surface area contributed by atoms with Gasteiger partial charge in [0.1, 0.15) is 6.33 Å². The van der Waals surface area contributed by atoms with E-state index >= 15 is 0 Å². The molecule has 0 amide bonds. The minimum Gasteiger partial charge on any atom is -0.378 e. The molecular weight excluding hydrogens is 503 g/mol. The van der Waals surface area contributed by atoms with Gasteiger partial charge in [0.05, 0.1) is 12.6 Å². The van der Waals surface area contributed by atoms with Crippen LogP contribution in [-0.4, -0.2) is 58.4 Å². The molecule has 1 aliphatic heterocycles. The molecule has 2 heterocycles.